The topological polar surface area (TPSA) is 61.4 Å². The summed E-state index contributed by atoms with van der Waals surface area (Å²) in [6, 6.07) is 5.14. The van der Waals surface area contributed by atoms with Crippen LogP contribution in [0.5, 0.6) is 0 Å². The molecular formula is C20H28ClN3O2. The number of hydrogen-bond acceptors (Lipinski definition) is 3. The summed E-state index contributed by atoms with van der Waals surface area (Å²) in [5, 5.41) is 6.75. The molecule has 2 amide bonds. The van der Waals surface area contributed by atoms with Crippen LogP contribution in [0.15, 0.2) is 18.2 Å². The van der Waals surface area contributed by atoms with Crippen molar-refractivity contribution in [3.63, 3.8) is 0 Å². The fourth-order valence-corrected chi connectivity index (χ4v) is 4.14. The van der Waals surface area contributed by atoms with E-state index in [9.17, 15) is 9.59 Å². The number of nitrogens with one attached hydrogen (secondary N) is 2. The molecule has 2 aliphatic heterocycles. The predicted molar refractivity (Wildman–Crippen MR) is 105 cm³/mol. The number of fused-ring (bicyclic) bond motifs is 1. The van der Waals surface area contributed by atoms with Gasteiger partial charge in [-0.2, -0.15) is 0 Å². The summed E-state index contributed by atoms with van der Waals surface area (Å²) in [5.41, 5.74) is 1.10. The van der Waals surface area contributed by atoms with Crippen LogP contribution in [-0.2, 0) is 4.79 Å². The summed E-state index contributed by atoms with van der Waals surface area (Å²) < 4.78 is 0. The maximum Gasteiger partial charge on any atom is 0.255 e. The van der Waals surface area contributed by atoms with Gasteiger partial charge in [0.05, 0.1) is 10.6 Å². The van der Waals surface area contributed by atoms with E-state index in [4.69, 9.17) is 11.6 Å². The van der Waals surface area contributed by atoms with Gasteiger partial charge in [-0.25, -0.2) is 0 Å². The fourth-order valence-electron chi connectivity index (χ4n) is 3.94. The number of likely N-dealkylation sites (tertiary alicyclic amines) is 1. The molecule has 26 heavy (non-hydrogen) atoms. The highest BCUT2D eigenvalue weighted by Crippen LogP contribution is 2.29. The second-order valence-electron chi connectivity index (χ2n) is 7.89. The molecule has 2 aliphatic rings. The average molecular weight is 378 g/mol. The second-order valence-corrected chi connectivity index (χ2v) is 8.30. The standard InChI is InChI=1S/C20H28ClN3O2/c1-13(2)9-19(25)23-16-3-4-18(21)17(10-16)20(26)24-7-5-14-11-22-12-15(14)6-8-24/h3-4,10,13-15,22H,5-9,11-12H2,1-2H3,(H,23,25)/t14-,15+. The van der Waals surface area contributed by atoms with Crippen LogP contribution in [0.2, 0.25) is 5.02 Å². The molecule has 2 saturated heterocycles. The monoisotopic (exact) mass is 377 g/mol. The summed E-state index contributed by atoms with van der Waals surface area (Å²) in [7, 11) is 0. The third-order valence-corrected chi connectivity index (χ3v) is 5.71. The quantitative estimate of drug-likeness (QED) is 0.845. The lowest BCUT2D eigenvalue weighted by atomic mass is 9.92. The molecule has 5 nitrogen and oxygen atoms in total. The molecule has 142 valence electrons. The number of nitrogens with zero attached hydrogens (tertiary/aromatic N) is 1. The van der Waals surface area contributed by atoms with Crippen molar-refractivity contribution in [1.82, 2.24) is 10.2 Å². The van der Waals surface area contributed by atoms with Gasteiger partial charge in [-0.15, -0.1) is 0 Å². The van der Waals surface area contributed by atoms with Crippen LogP contribution in [0.1, 0.15) is 43.5 Å². The number of anilines is 1. The van der Waals surface area contributed by atoms with E-state index in [2.05, 4.69) is 10.6 Å². The Morgan fingerprint density at radius 1 is 1.23 bits per heavy atom. The van der Waals surface area contributed by atoms with Crippen LogP contribution in [0.4, 0.5) is 5.69 Å². The SMILES string of the molecule is CC(C)CC(=O)Nc1ccc(Cl)c(C(=O)N2CC[C@@H]3CNC[C@@H]3CC2)c1. The van der Waals surface area contributed by atoms with Crippen LogP contribution in [-0.4, -0.2) is 42.9 Å². The maximum atomic E-state index is 13.0. The lowest BCUT2D eigenvalue weighted by Gasteiger charge is -2.22. The summed E-state index contributed by atoms with van der Waals surface area (Å²) >= 11 is 6.30. The fraction of sp³-hybridized carbons (Fsp3) is 0.600. The predicted octanol–water partition coefficient (Wildman–Crippen LogP) is 3.40. The van der Waals surface area contributed by atoms with Crippen LogP contribution < -0.4 is 10.6 Å². The van der Waals surface area contributed by atoms with E-state index in [0.29, 0.717) is 34.5 Å². The molecule has 0 spiro atoms. The normalized spacial score (nSPS) is 22.8. The van der Waals surface area contributed by atoms with E-state index in [0.717, 1.165) is 39.0 Å². The highest BCUT2D eigenvalue weighted by molar-refractivity contribution is 6.34. The summed E-state index contributed by atoms with van der Waals surface area (Å²) in [4.78, 5) is 26.9. The van der Waals surface area contributed by atoms with Crippen LogP contribution in [0.3, 0.4) is 0 Å². The van der Waals surface area contributed by atoms with E-state index in [1.807, 2.05) is 18.7 Å². The molecular weight excluding hydrogens is 350 g/mol. The van der Waals surface area contributed by atoms with E-state index in [-0.39, 0.29) is 17.7 Å². The number of halogens is 1. The molecule has 0 aliphatic carbocycles. The number of hydrogen-bond donors (Lipinski definition) is 2. The lowest BCUT2D eigenvalue weighted by molar-refractivity contribution is -0.116. The molecule has 0 unspecified atom stereocenters. The molecule has 1 aromatic rings. The van der Waals surface area contributed by atoms with Crippen molar-refractivity contribution in [3.05, 3.63) is 28.8 Å². The summed E-state index contributed by atoms with van der Waals surface area (Å²) in [6.07, 6.45) is 2.52. The van der Waals surface area contributed by atoms with Crippen molar-refractivity contribution in [2.24, 2.45) is 17.8 Å². The van der Waals surface area contributed by atoms with Crippen molar-refractivity contribution in [2.45, 2.75) is 33.1 Å². The van der Waals surface area contributed by atoms with E-state index in [1.54, 1.807) is 18.2 Å². The minimum atomic E-state index is -0.0455. The molecule has 2 N–H and O–H groups in total. The Morgan fingerprint density at radius 3 is 2.50 bits per heavy atom. The first-order valence-electron chi connectivity index (χ1n) is 9.53. The summed E-state index contributed by atoms with van der Waals surface area (Å²) in [5.74, 6) is 1.54. The van der Waals surface area contributed by atoms with Gasteiger partial charge in [-0.05, 0) is 61.9 Å². The molecule has 1 aromatic carbocycles. The van der Waals surface area contributed by atoms with Crippen molar-refractivity contribution in [1.29, 1.82) is 0 Å². The third-order valence-electron chi connectivity index (χ3n) is 5.38. The zero-order valence-corrected chi connectivity index (χ0v) is 16.3. The van der Waals surface area contributed by atoms with Gasteiger partial charge in [0.1, 0.15) is 0 Å². The Balaban J connectivity index is 1.70. The third kappa shape index (κ3) is 4.57. The first kappa shape index (κ1) is 19.2. The first-order chi connectivity index (χ1) is 12.4. The largest absolute Gasteiger partial charge is 0.339 e. The molecule has 2 fully saturated rings. The minimum Gasteiger partial charge on any atom is -0.339 e. The number of amides is 2. The lowest BCUT2D eigenvalue weighted by Crippen LogP contribution is -2.33. The minimum absolute atomic E-state index is 0.0390. The molecule has 2 heterocycles. The van der Waals surface area contributed by atoms with Crippen LogP contribution >= 0.6 is 11.6 Å². The smallest absolute Gasteiger partial charge is 0.255 e. The van der Waals surface area contributed by atoms with E-state index < -0.39 is 0 Å². The first-order valence-corrected chi connectivity index (χ1v) is 9.91. The van der Waals surface area contributed by atoms with Gasteiger partial charge in [-0.1, -0.05) is 25.4 Å². The van der Waals surface area contributed by atoms with Crippen molar-refractivity contribution < 1.29 is 9.59 Å². The zero-order valence-electron chi connectivity index (χ0n) is 15.6. The molecule has 2 atom stereocenters. The van der Waals surface area contributed by atoms with Gasteiger partial charge in [0.2, 0.25) is 5.91 Å². The van der Waals surface area contributed by atoms with Gasteiger partial charge in [-0.3, -0.25) is 9.59 Å². The van der Waals surface area contributed by atoms with Crippen molar-refractivity contribution >= 4 is 29.1 Å². The van der Waals surface area contributed by atoms with Gasteiger partial charge in [0.25, 0.3) is 5.91 Å². The Labute approximate surface area is 160 Å². The Kier molecular flexibility index (Phi) is 6.20. The Morgan fingerprint density at radius 2 is 1.88 bits per heavy atom. The zero-order chi connectivity index (χ0) is 18.7. The Bertz CT molecular complexity index is 663. The van der Waals surface area contributed by atoms with Gasteiger partial charge < -0.3 is 15.5 Å². The molecule has 0 aromatic heterocycles. The van der Waals surface area contributed by atoms with Gasteiger partial charge >= 0.3 is 0 Å². The van der Waals surface area contributed by atoms with E-state index >= 15 is 0 Å². The summed E-state index contributed by atoms with van der Waals surface area (Å²) in [6.45, 7) is 7.65. The average Bonchev–Trinajstić information content (AvgIpc) is 2.94. The van der Waals surface area contributed by atoms with Crippen molar-refractivity contribution in [3.8, 4) is 0 Å². The van der Waals surface area contributed by atoms with Gasteiger partial charge in [0, 0.05) is 25.2 Å². The van der Waals surface area contributed by atoms with Crippen LogP contribution in [0, 0.1) is 17.8 Å². The Hall–Kier alpha value is -1.59. The molecule has 0 bridgehead atoms. The van der Waals surface area contributed by atoms with Gasteiger partial charge in [0.15, 0.2) is 0 Å². The number of benzene rings is 1. The number of rotatable bonds is 4. The van der Waals surface area contributed by atoms with Crippen molar-refractivity contribution in [2.75, 3.05) is 31.5 Å². The van der Waals surface area contributed by atoms with Crippen LogP contribution in [0.25, 0.3) is 0 Å². The van der Waals surface area contributed by atoms with E-state index in [1.165, 1.54) is 0 Å². The highest BCUT2D eigenvalue weighted by atomic mass is 35.5. The molecule has 6 heteroatoms. The molecule has 0 radical (unpaired) electrons. The number of carbonyl (C=O) groups is 2. The molecule has 3 rings (SSSR count). The number of carbonyl (C=O) groups excluding carboxylic acids is 2. The highest BCUT2D eigenvalue weighted by Gasteiger charge is 2.32. The molecule has 0 saturated carbocycles. The second kappa shape index (κ2) is 8.40. The maximum absolute atomic E-state index is 13.0.